The Morgan fingerprint density at radius 3 is 2.72 bits per heavy atom. The molecule has 0 aromatic carbocycles. The number of amides is 1. The van der Waals surface area contributed by atoms with Crippen LogP contribution in [-0.4, -0.2) is 20.9 Å². The van der Waals surface area contributed by atoms with Crippen molar-refractivity contribution in [3.63, 3.8) is 0 Å². The van der Waals surface area contributed by atoms with Crippen molar-refractivity contribution in [2.45, 2.75) is 0 Å². The maximum atomic E-state index is 11.7. The Labute approximate surface area is 108 Å². The van der Waals surface area contributed by atoms with Crippen molar-refractivity contribution >= 4 is 27.7 Å². The minimum Gasteiger partial charge on any atom is -0.305 e. The molecule has 0 saturated carbocycles. The first-order valence-electron chi connectivity index (χ1n) is 4.81. The number of rotatable bonds is 2. The molecule has 7 nitrogen and oxygen atoms in total. The van der Waals surface area contributed by atoms with Gasteiger partial charge in [-0.3, -0.25) is 14.6 Å². The number of carbonyl (C=O) groups excluding carboxylic acids is 1. The molecule has 0 spiro atoms. The average molecular weight is 311 g/mol. The maximum absolute atomic E-state index is 11.7. The first-order valence-corrected chi connectivity index (χ1v) is 5.60. The quantitative estimate of drug-likeness (QED) is 0.749. The second-order valence-electron chi connectivity index (χ2n) is 3.31. The summed E-state index contributed by atoms with van der Waals surface area (Å²) in [7, 11) is 0. The number of anilines is 1. The molecule has 2 heterocycles. The molecule has 8 heteroatoms. The van der Waals surface area contributed by atoms with Crippen LogP contribution in [0.2, 0.25) is 0 Å². The topological polar surface area (TPSA) is 108 Å². The number of carbonyl (C=O) groups is 1. The zero-order valence-corrected chi connectivity index (χ0v) is 10.4. The molecule has 0 saturated heterocycles. The molecule has 2 rings (SSSR count). The summed E-state index contributed by atoms with van der Waals surface area (Å²) in [5, 5.41) is 2.45. The highest BCUT2D eigenvalue weighted by Crippen LogP contribution is 2.12. The van der Waals surface area contributed by atoms with E-state index in [1.54, 1.807) is 12.1 Å². The van der Waals surface area contributed by atoms with E-state index in [4.69, 9.17) is 0 Å². The predicted molar refractivity (Wildman–Crippen MR) is 67.6 cm³/mol. The van der Waals surface area contributed by atoms with Crippen LogP contribution in [0.25, 0.3) is 0 Å². The number of aromatic nitrogens is 3. The lowest BCUT2D eigenvalue weighted by Gasteiger charge is -2.03. The average Bonchev–Trinajstić information content (AvgIpc) is 2.27. The molecule has 0 unspecified atom stereocenters. The maximum Gasteiger partial charge on any atom is 0.326 e. The summed E-state index contributed by atoms with van der Waals surface area (Å²) in [6.45, 7) is 0. The monoisotopic (exact) mass is 310 g/mol. The van der Waals surface area contributed by atoms with Crippen LogP contribution in [0.3, 0.4) is 0 Å². The first kappa shape index (κ1) is 12.2. The van der Waals surface area contributed by atoms with E-state index >= 15 is 0 Å². The SMILES string of the molecule is O=C(Nc1cc(Br)ccn1)c1cc(=O)[nH]c(=O)[nH]1. The van der Waals surface area contributed by atoms with Gasteiger partial charge in [0.2, 0.25) is 0 Å². The summed E-state index contributed by atoms with van der Waals surface area (Å²) in [5.74, 6) is -0.320. The van der Waals surface area contributed by atoms with Crippen LogP contribution in [0.4, 0.5) is 5.82 Å². The predicted octanol–water partition coefficient (Wildman–Crippen LogP) is 0.473. The fourth-order valence-electron chi connectivity index (χ4n) is 1.25. The van der Waals surface area contributed by atoms with Crippen molar-refractivity contribution in [2.24, 2.45) is 0 Å². The summed E-state index contributed by atoms with van der Waals surface area (Å²) in [6.07, 6.45) is 1.50. The largest absolute Gasteiger partial charge is 0.326 e. The van der Waals surface area contributed by atoms with Crippen molar-refractivity contribution in [1.29, 1.82) is 0 Å². The normalized spacial score (nSPS) is 10.1. The first-order chi connectivity index (χ1) is 8.54. The van der Waals surface area contributed by atoms with Crippen molar-refractivity contribution in [2.75, 3.05) is 5.32 Å². The van der Waals surface area contributed by atoms with E-state index in [0.29, 0.717) is 5.82 Å². The molecule has 0 bridgehead atoms. The van der Waals surface area contributed by atoms with Gasteiger partial charge in [-0.15, -0.1) is 0 Å². The zero-order chi connectivity index (χ0) is 13.1. The molecule has 0 aliphatic heterocycles. The van der Waals surface area contributed by atoms with E-state index in [1.807, 2.05) is 4.98 Å². The van der Waals surface area contributed by atoms with Crippen molar-refractivity contribution < 1.29 is 4.79 Å². The standard InChI is InChI=1S/C10H7BrN4O3/c11-5-1-2-12-7(3-5)14-9(17)6-4-8(16)15-10(18)13-6/h1-4H,(H,12,14,17)(H2,13,15,16,18). The molecule has 0 fully saturated rings. The number of pyridine rings is 1. The molecule has 0 radical (unpaired) electrons. The van der Waals surface area contributed by atoms with Crippen LogP contribution in [0.5, 0.6) is 0 Å². The number of H-pyrrole nitrogens is 2. The molecule has 2 aromatic heterocycles. The van der Waals surface area contributed by atoms with Gasteiger partial charge in [0.15, 0.2) is 0 Å². The molecule has 0 atom stereocenters. The highest BCUT2D eigenvalue weighted by molar-refractivity contribution is 9.10. The summed E-state index contributed by atoms with van der Waals surface area (Å²) >= 11 is 3.23. The van der Waals surface area contributed by atoms with E-state index in [-0.39, 0.29) is 5.69 Å². The van der Waals surface area contributed by atoms with E-state index < -0.39 is 17.2 Å². The molecule has 0 aliphatic carbocycles. The number of hydrogen-bond acceptors (Lipinski definition) is 4. The lowest BCUT2D eigenvalue weighted by Crippen LogP contribution is -2.27. The molecule has 92 valence electrons. The number of halogens is 1. The number of nitrogens with one attached hydrogen (secondary N) is 3. The third-order valence-corrected chi connectivity index (χ3v) is 2.46. The van der Waals surface area contributed by atoms with Gasteiger partial charge in [-0.05, 0) is 12.1 Å². The van der Waals surface area contributed by atoms with Gasteiger partial charge in [0.05, 0.1) is 0 Å². The van der Waals surface area contributed by atoms with Gasteiger partial charge in [-0.1, -0.05) is 15.9 Å². The molecule has 2 aromatic rings. The van der Waals surface area contributed by atoms with Crippen molar-refractivity contribution in [1.82, 2.24) is 15.0 Å². The van der Waals surface area contributed by atoms with Crippen LogP contribution >= 0.6 is 15.9 Å². The Morgan fingerprint density at radius 1 is 1.28 bits per heavy atom. The molecule has 0 aliphatic rings. The lowest BCUT2D eigenvalue weighted by atomic mass is 10.3. The Bertz CT molecular complexity index is 678. The Kier molecular flexibility index (Phi) is 3.38. The van der Waals surface area contributed by atoms with E-state index in [1.165, 1.54) is 6.20 Å². The van der Waals surface area contributed by atoms with Crippen LogP contribution in [0.15, 0.2) is 38.5 Å². The summed E-state index contributed by atoms with van der Waals surface area (Å²) in [6, 6.07) is 4.28. The fraction of sp³-hybridized carbons (Fsp3) is 0. The van der Waals surface area contributed by atoms with Crippen LogP contribution in [0.1, 0.15) is 10.5 Å². The smallest absolute Gasteiger partial charge is 0.305 e. The fourth-order valence-corrected chi connectivity index (χ4v) is 1.58. The second-order valence-corrected chi connectivity index (χ2v) is 4.23. The third-order valence-electron chi connectivity index (χ3n) is 1.97. The third kappa shape index (κ3) is 2.92. The van der Waals surface area contributed by atoms with Crippen molar-refractivity contribution in [3.05, 3.63) is 55.4 Å². The highest BCUT2D eigenvalue weighted by Gasteiger charge is 2.09. The van der Waals surface area contributed by atoms with E-state index in [9.17, 15) is 14.4 Å². The van der Waals surface area contributed by atoms with Gasteiger partial charge in [-0.25, -0.2) is 9.78 Å². The van der Waals surface area contributed by atoms with Crippen LogP contribution < -0.4 is 16.6 Å². The zero-order valence-electron chi connectivity index (χ0n) is 8.86. The minimum atomic E-state index is -0.741. The number of hydrogen-bond donors (Lipinski definition) is 3. The lowest BCUT2D eigenvalue weighted by molar-refractivity contribution is 0.102. The van der Waals surface area contributed by atoms with Crippen LogP contribution in [0, 0.1) is 0 Å². The van der Waals surface area contributed by atoms with Gasteiger partial charge in [0.1, 0.15) is 11.5 Å². The van der Waals surface area contributed by atoms with E-state index in [2.05, 4.69) is 31.2 Å². The molecule has 1 amide bonds. The van der Waals surface area contributed by atoms with Gasteiger partial charge in [-0.2, -0.15) is 0 Å². The Balaban J connectivity index is 2.27. The number of nitrogens with zero attached hydrogens (tertiary/aromatic N) is 1. The van der Waals surface area contributed by atoms with Crippen LogP contribution in [-0.2, 0) is 0 Å². The second kappa shape index (κ2) is 4.96. The number of aromatic amines is 2. The highest BCUT2D eigenvalue weighted by atomic mass is 79.9. The Hall–Kier alpha value is -2.22. The minimum absolute atomic E-state index is 0.134. The van der Waals surface area contributed by atoms with E-state index in [0.717, 1.165) is 10.5 Å². The molecular formula is C10H7BrN4O3. The van der Waals surface area contributed by atoms with Gasteiger partial charge in [0.25, 0.3) is 11.5 Å². The molecule has 18 heavy (non-hydrogen) atoms. The van der Waals surface area contributed by atoms with Gasteiger partial charge < -0.3 is 10.3 Å². The molecule has 3 N–H and O–H groups in total. The summed E-state index contributed by atoms with van der Waals surface area (Å²) in [4.78, 5) is 41.9. The summed E-state index contributed by atoms with van der Waals surface area (Å²) in [5.41, 5.74) is -1.52. The van der Waals surface area contributed by atoms with Gasteiger partial charge in [0, 0.05) is 16.7 Å². The van der Waals surface area contributed by atoms with Crippen molar-refractivity contribution in [3.8, 4) is 0 Å². The summed E-state index contributed by atoms with van der Waals surface area (Å²) < 4.78 is 0.743. The van der Waals surface area contributed by atoms with Gasteiger partial charge >= 0.3 is 5.69 Å². The molecular weight excluding hydrogens is 304 g/mol. The Morgan fingerprint density at radius 2 is 2.06 bits per heavy atom.